The SMILES string of the molecule is N#CCCNC[C@H]1CCc2ccccc2O1. The summed E-state index contributed by atoms with van der Waals surface area (Å²) in [7, 11) is 0. The molecule has 84 valence electrons. The smallest absolute Gasteiger partial charge is 0.122 e. The van der Waals surface area contributed by atoms with Gasteiger partial charge in [-0.25, -0.2) is 0 Å². The summed E-state index contributed by atoms with van der Waals surface area (Å²) in [5.41, 5.74) is 1.30. The number of fused-ring (bicyclic) bond motifs is 1. The van der Waals surface area contributed by atoms with Crippen LogP contribution < -0.4 is 10.1 Å². The predicted octanol–water partition coefficient (Wildman–Crippen LogP) is 1.88. The Labute approximate surface area is 96.0 Å². The van der Waals surface area contributed by atoms with Crippen molar-refractivity contribution in [2.24, 2.45) is 0 Å². The van der Waals surface area contributed by atoms with Crippen molar-refractivity contribution >= 4 is 0 Å². The lowest BCUT2D eigenvalue weighted by Gasteiger charge is -2.26. The van der Waals surface area contributed by atoms with Crippen molar-refractivity contribution in [3.8, 4) is 11.8 Å². The quantitative estimate of drug-likeness (QED) is 0.782. The molecular weight excluding hydrogens is 200 g/mol. The zero-order valence-corrected chi connectivity index (χ0v) is 9.28. The van der Waals surface area contributed by atoms with Crippen LogP contribution in [0.1, 0.15) is 18.4 Å². The minimum Gasteiger partial charge on any atom is -0.489 e. The third-order valence-electron chi connectivity index (χ3n) is 2.79. The van der Waals surface area contributed by atoms with Crippen LogP contribution in [-0.4, -0.2) is 19.2 Å². The van der Waals surface area contributed by atoms with Gasteiger partial charge in [-0.05, 0) is 24.5 Å². The minimum absolute atomic E-state index is 0.244. The summed E-state index contributed by atoms with van der Waals surface area (Å²) in [5, 5.41) is 11.7. The Hall–Kier alpha value is -1.53. The van der Waals surface area contributed by atoms with E-state index in [1.54, 1.807) is 0 Å². The first-order chi connectivity index (χ1) is 7.90. The second-order valence-electron chi connectivity index (χ2n) is 4.00. The molecule has 0 radical (unpaired) electrons. The van der Waals surface area contributed by atoms with Crippen molar-refractivity contribution in [1.82, 2.24) is 5.32 Å². The van der Waals surface area contributed by atoms with Gasteiger partial charge in [0.15, 0.2) is 0 Å². The van der Waals surface area contributed by atoms with Crippen LogP contribution in [0.2, 0.25) is 0 Å². The summed E-state index contributed by atoms with van der Waals surface area (Å²) in [4.78, 5) is 0. The molecule has 0 aromatic heterocycles. The summed E-state index contributed by atoms with van der Waals surface area (Å²) in [6, 6.07) is 10.3. The van der Waals surface area contributed by atoms with Crippen LogP contribution >= 0.6 is 0 Å². The van der Waals surface area contributed by atoms with Gasteiger partial charge in [0.25, 0.3) is 0 Å². The van der Waals surface area contributed by atoms with Gasteiger partial charge in [0, 0.05) is 19.5 Å². The molecule has 1 heterocycles. The van der Waals surface area contributed by atoms with Gasteiger partial charge in [-0.1, -0.05) is 18.2 Å². The summed E-state index contributed by atoms with van der Waals surface area (Å²) < 4.78 is 5.87. The third-order valence-corrected chi connectivity index (χ3v) is 2.79. The van der Waals surface area contributed by atoms with Crippen LogP contribution in [0.3, 0.4) is 0 Å². The number of nitriles is 1. The van der Waals surface area contributed by atoms with Crippen molar-refractivity contribution < 1.29 is 4.74 Å². The van der Waals surface area contributed by atoms with Crippen LogP contribution in [0.4, 0.5) is 0 Å². The first-order valence-corrected chi connectivity index (χ1v) is 5.72. The molecule has 3 heteroatoms. The molecule has 1 aliphatic rings. The fourth-order valence-corrected chi connectivity index (χ4v) is 1.93. The average molecular weight is 216 g/mol. The summed E-state index contributed by atoms with van der Waals surface area (Å²) in [5.74, 6) is 1.01. The van der Waals surface area contributed by atoms with Gasteiger partial charge in [-0.15, -0.1) is 0 Å². The maximum absolute atomic E-state index is 8.41. The fourth-order valence-electron chi connectivity index (χ4n) is 1.93. The summed E-state index contributed by atoms with van der Waals surface area (Å²) >= 11 is 0. The van der Waals surface area contributed by atoms with Crippen LogP contribution in [0.5, 0.6) is 5.75 Å². The number of nitrogens with zero attached hydrogens (tertiary/aromatic N) is 1. The number of nitrogens with one attached hydrogen (secondary N) is 1. The predicted molar refractivity (Wildman–Crippen MR) is 62.3 cm³/mol. The van der Waals surface area contributed by atoms with Crippen molar-refractivity contribution in [1.29, 1.82) is 5.26 Å². The van der Waals surface area contributed by atoms with Crippen molar-refractivity contribution in [3.05, 3.63) is 29.8 Å². The summed E-state index contributed by atoms with van der Waals surface area (Å²) in [6.07, 6.45) is 2.94. The van der Waals surface area contributed by atoms with Crippen LogP contribution in [0, 0.1) is 11.3 Å². The highest BCUT2D eigenvalue weighted by atomic mass is 16.5. The van der Waals surface area contributed by atoms with E-state index in [1.165, 1.54) is 5.56 Å². The zero-order chi connectivity index (χ0) is 11.2. The van der Waals surface area contributed by atoms with Crippen LogP contribution in [0.15, 0.2) is 24.3 Å². The highest BCUT2D eigenvalue weighted by Gasteiger charge is 2.18. The molecule has 0 unspecified atom stereocenters. The highest BCUT2D eigenvalue weighted by Crippen LogP contribution is 2.26. The first-order valence-electron chi connectivity index (χ1n) is 5.72. The number of rotatable bonds is 4. The van der Waals surface area contributed by atoms with Gasteiger partial charge in [0.2, 0.25) is 0 Å². The molecule has 3 nitrogen and oxygen atoms in total. The molecule has 2 rings (SSSR count). The monoisotopic (exact) mass is 216 g/mol. The van der Waals surface area contributed by atoms with Gasteiger partial charge in [0.1, 0.15) is 11.9 Å². The van der Waals surface area contributed by atoms with E-state index in [1.807, 2.05) is 18.2 Å². The van der Waals surface area contributed by atoms with Crippen molar-refractivity contribution in [3.63, 3.8) is 0 Å². The van der Waals surface area contributed by atoms with Gasteiger partial charge in [0.05, 0.1) is 6.07 Å². The minimum atomic E-state index is 0.244. The molecule has 0 spiro atoms. The number of hydrogen-bond acceptors (Lipinski definition) is 3. The topological polar surface area (TPSA) is 45.0 Å². The lowest BCUT2D eigenvalue weighted by molar-refractivity contribution is 0.171. The van der Waals surface area contributed by atoms with E-state index in [-0.39, 0.29) is 6.10 Å². The Kier molecular flexibility index (Phi) is 3.79. The summed E-state index contributed by atoms with van der Waals surface area (Å²) in [6.45, 7) is 1.58. The number of para-hydroxylation sites is 1. The molecule has 0 aliphatic carbocycles. The van der Waals surface area contributed by atoms with E-state index in [9.17, 15) is 0 Å². The Morgan fingerprint density at radius 1 is 1.44 bits per heavy atom. The molecule has 1 aliphatic heterocycles. The Morgan fingerprint density at radius 3 is 3.19 bits per heavy atom. The largest absolute Gasteiger partial charge is 0.489 e. The van der Waals surface area contributed by atoms with Crippen molar-refractivity contribution in [2.75, 3.05) is 13.1 Å². The van der Waals surface area contributed by atoms with E-state index >= 15 is 0 Å². The van der Waals surface area contributed by atoms with Gasteiger partial charge in [-0.2, -0.15) is 5.26 Å². The van der Waals surface area contributed by atoms with Gasteiger partial charge in [-0.3, -0.25) is 0 Å². The van der Waals surface area contributed by atoms with Crippen LogP contribution in [-0.2, 0) is 6.42 Å². The molecule has 0 bridgehead atoms. The normalized spacial score (nSPS) is 18.3. The van der Waals surface area contributed by atoms with Gasteiger partial charge < -0.3 is 10.1 Å². The molecular formula is C13H16N2O. The maximum Gasteiger partial charge on any atom is 0.122 e. The second kappa shape index (κ2) is 5.53. The standard InChI is InChI=1S/C13H16N2O/c14-8-3-9-15-10-12-7-6-11-4-1-2-5-13(11)16-12/h1-2,4-5,12,15H,3,6-7,9-10H2/t12-/m1/s1. The number of hydrogen-bond donors (Lipinski definition) is 1. The van der Waals surface area contributed by atoms with Crippen molar-refractivity contribution in [2.45, 2.75) is 25.4 Å². The van der Waals surface area contributed by atoms with E-state index < -0.39 is 0 Å². The molecule has 0 amide bonds. The molecule has 0 saturated carbocycles. The van der Waals surface area contributed by atoms with Gasteiger partial charge >= 0.3 is 0 Å². The lowest BCUT2D eigenvalue weighted by Crippen LogP contribution is -2.34. The Balaban J connectivity index is 1.82. The third kappa shape index (κ3) is 2.74. The average Bonchev–Trinajstić information content (AvgIpc) is 2.34. The molecule has 1 aromatic carbocycles. The lowest BCUT2D eigenvalue weighted by atomic mass is 10.0. The highest BCUT2D eigenvalue weighted by molar-refractivity contribution is 5.35. The zero-order valence-electron chi connectivity index (χ0n) is 9.28. The van der Waals surface area contributed by atoms with E-state index in [0.29, 0.717) is 6.42 Å². The molecule has 0 fully saturated rings. The molecule has 1 N–H and O–H groups in total. The molecule has 1 atom stereocenters. The number of benzene rings is 1. The second-order valence-corrected chi connectivity index (χ2v) is 4.00. The van der Waals surface area contributed by atoms with E-state index in [4.69, 9.17) is 10.00 Å². The van der Waals surface area contributed by atoms with E-state index in [0.717, 1.165) is 31.7 Å². The fraction of sp³-hybridized carbons (Fsp3) is 0.462. The molecule has 0 saturated heterocycles. The Morgan fingerprint density at radius 2 is 2.31 bits per heavy atom. The first kappa shape index (κ1) is 11.0. The Bertz CT molecular complexity index is 384. The van der Waals surface area contributed by atoms with E-state index in [2.05, 4.69) is 17.5 Å². The maximum atomic E-state index is 8.41. The number of ether oxygens (including phenoxy) is 1. The molecule has 16 heavy (non-hydrogen) atoms. The number of aryl methyl sites for hydroxylation is 1. The molecule has 1 aromatic rings. The van der Waals surface area contributed by atoms with Crippen LogP contribution in [0.25, 0.3) is 0 Å².